The topological polar surface area (TPSA) is 55.4 Å². The average molecular weight is 361 g/mol. The minimum Gasteiger partial charge on any atom is -0.377 e. The minimum atomic E-state index is -3.50. The van der Waals surface area contributed by atoms with Crippen LogP contribution in [0, 0.1) is 0 Å². The van der Waals surface area contributed by atoms with Crippen LogP contribution in [0.3, 0.4) is 0 Å². The predicted molar refractivity (Wildman–Crippen MR) is 71.2 cm³/mol. The highest BCUT2D eigenvalue weighted by atomic mass is 79.9. The second-order valence-corrected chi connectivity index (χ2v) is 8.50. The van der Waals surface area contributed by atoms with E-state index in [1.165, 1.54) is 6.07 Å². The molecule has 1 saturated heterocycles. The van der Waals surface area contributed by atoms with Crippen LogP contribution in [0.25, 0.3) is 0 Å². The first kappa shape index (κ1) is 13.8. The number of sulfonamides is 1. The van der Waals surface area contributed by atoms with Gasteiger partial charge in [0.2, 0.25) is 10.0 Å². The van der Waals surface area contributed by atoms with Gasteiger partial charge in [0.15, 0.2) is 0 Å². The molecule has 1 aromatic heterocycles. The summed E-state index contributed by atoms with van der Waals surface area (Å²) in [6, 6.07) is 1.28. The highest BCUT2D eigenvalue weighted by molar-refractivity contribution is 9.11. The van der Waals surface area contributed by atoms with Gasteiger partial charge >= 0.3 is 0 Å². The highest BCUT2D eigenvalue weighted by Gasteiger charge is 2.30. The smallest absolute Gasteiger partial charge is 0.250 e. The summed E-state index contributed by atoms with van der Waals surface area (Å²) in [7, 11) is -3.50. The summed E-state index contributed by atoms with van der Waals surface area (Å²) in [4.78, 5) is 0. The molecule has 2 rings (SSSR count). The van der Waals surface area contributed by atoms with Crippen LogP contribution in [-0.2, 0) is 14.8 Å². The van der Waals surface area contributed by atoms with Gasteiger partial charge < -0.3 is 4.74 Å². The largest absolute Gasteiger partial charge is 0.377 e. The molecule has 1 aromatic rings. The van der Waals surface area contributed by atoms with Gasteiger partial charge in [-0.3, -0.25) is 0 Å². The van der Waals surface area contributed by atoms with Crippen LogP contribution in [0.2, 0.25) is 5.02 Å². The van der Waals surface area contributed by atoms with E-state index in [0.29, 0.717) is 21.8 Å². The number of ether oxygens (including phenoxy) is 1. The molecule has 0 aliphatic carbocycles. The van der Waals surface area contributed by atoms with Gasteiger partial charge in [-0.1, -0.05) is 11.6 Å². The van der Waals surface area contributed by atoms with Crippen LogP contribution < -0.4 is 4.72 Å². The van der Waals surface area contributed by atoms with Gasteiger partial charge in [-0.2, -0.15) is 0 Å². The Kier molecular flexibility index (Phi) is 4.16. The fraction of sp³-hybridized carbons (Fsp3) is 0.556. The van der Waals surface area contributed by atoms with Crippen molar-refractivity contribution in [2.75, 3.05) is 6.61 Å². The molecule has 96 valence electrons. The zero-order chi connectivity index (χ0) is 12.6. The lowest BCUT2D eigenvalue weighted by molar-refractivity contribution is 0.117. The lowest BCUT2D eigenvalue weighted by atomic mass is 10.2. The summed E-state index contributed by atoms with van der Waals surface area (Å²) in [6.07, 6.45) is 0.601. The molecular formula is C9H11BrClNO3S2. The molecule has 1 N–H and O–H groups in total. The minimum absolute atomic E-state index is 0.0938. The fourth-order valence-corrected chi connectivity index (χ4v) is 5.36. The lowest BCUT2D eigenvalue weighted by Crippen LogP contribution is -2.38. The van der Waals surface area contributed by atoms with E-state index < -0.39 is 10.0 Å². The third-order valence-corrected chi connectivity index (χ3v) is 7.01. The van der Waals surface area contributed by atoms with Crippen molar-refractivity contribution in [1.82, 2.24) is 4.72 Å². The van der Waals surface area contributed by atoms with Crippen molar-refractivity contribution in [3.05, 3.63) is 14.9 Å². The molecule has 0 aromatic carbocycles. The maximum absolute atomic E-state index is 12.1. The third-order valence-electron chi connectivity index (χ3n) is 2.57. The van der Waals surface area contributed by atoms with Gasteiger partial charge in [-0.05, 0) is 35.3 Å². The molecule has 2 atom stereocenters. The monoisotopic (exact) mass is 359 g/mol. The van der Waals surface area contributed by atoms with Crippen molar-refractivity contribution in [1.29, 1.82) is 0 Å². The van der Waals surface area contributed by atoms with Crippen molar-refractivity contribution >= 4 is 48.9 Å². The fourth-order valence-electron chi connectivity index (χ4n) is 1.60. The molecule has 1 fully saturated rings. The lowest BCUT2D eigenvalue weighted by Gasteiger charge is -2.15. The Hall–Kier alpha value is 0.340. The Labute approximate surface area is 117 Å². The Bertz CT molecular complexity index is 497. The van der Waals surface area contributed by atoms with E-state index in [-0.39, 0.29) is 16.4 Å². The quantitative estimate of drug-likeness (QED) is 0.901. The number of rotatable bonds is 3. The maximum atomic E-state index is 12.1. The summed E-state index contributed by atoms with van der Waals surface area (Å²) in [5.41, 5.74) is 0. The Morgan fingerprint density at radius 2 is 2.35 bits per heavy atom. The van der Waals surface area contributed by atoms with Crippen LogP contribution in [0.5, 0.6) is 0 Å². The first-order valence-electron chi connectivity index (χ1n) is 4.99. The molecule has 0 amide bonds. The molecular weight excluding hydrogens is 350 g/mol. The number of thiophene rings is 1. The molecule has 1 aliphatic rings. The second-order valence-electron chi connectivity index (χ2n) is 3.78. The Morgan fingerprint density at radius 3 is 2.82 bits per heavy atom. The van der Waals surface area contributed by atoms with Crippen molar-refractivity contribution in [2.24, 2.45) is 0 Å². The maximum Gasteiger partial charge on any atom is 0.250 e. The van der Waals surface area contributed by atoms with Gasteiger partial charge in [0.25, 0.3) is 0 Å². The van der Waals surface area contributed by atoms with E-state index in [1.54, 1.807) is 0 Å². The van der Waals surface area contributed by atoms with E-state index in [1.807, 2.05) is 6.92 Å². The molecule has 2 unspecified atom stereocenters. The van der Waals surface area contributed by atoms with Crippen molar-refractivity contribution in [3.8, 4) is 0 Å². The summed E-state index contributed by atoms with van der Waals surface area (Å²) >= 11 is 10.1. The van der Waals surface area contributed by atoms with Gasteiger partial charge in [0, 0.05) is 6.61 Å². The number of hydrogen-bond donors (Lipinski definition) is 1. The number of halogens is 2. The van der Waals surface area contributed by atoms with Crippen LogP contribution in [0.15, 0.2) is 14.1 Å². The standard InChI is InChI=1S/C9H11BrClNO3S2/c1-5-7(2-3-15-5)12-17(13,14)8-4-6(11)9(10)16-8/h4-5,7,12H,2-3H2,1H3. The van der Waals surface area contributed by atoms with Crippen molar-refractivity contribution < 1.29 is 13.2 Å². The van der Waals surface area contributed by atoms with Gasteiger partial charge in [-0.15, -0.1) is 11.3 Å². The summed E-state index contributed by atoms with van der Waals surface area (Å²) in [5.74, 6) is 0. The van der Waals surface area contributed by atoms with Crippen molar-refractivity contribution in [3.63, 3.8) is 0 Å². The van der Waals surface area contributed by atoms with E-state index >= 15 is 0 Å². The molecule has 1 aliphatic heterocycles. The van der Waals surface area contributed by atoms with Gasteiger partial charge in [0.05, 0.1) is 21.0 Å². The van der Waals surface area contributed by atoms with Gasteiger partial charge in [-0.25, -0.2) is 13.1 Å². The first-order valence-corrected chi connectivity index (χ1v) is 8.46. The molecule has 0 saturated carbocycles. The molecule has 0 bridgehead atoms. The predicted octanol–water partition coefficient (Wildman–Crippen LogP) is 2.62. The molecule has 0 spiro atoms. The van der Waals surface area contributed by atoms with E-state index in [9.17, 15) is 8.42 Å². The van der Waals surface area contributed by atoms with E-state index in [0.717, 1.165) is 11.3 Å². The molecule has 2 heterocycles. The summed E-state index contributed by atoms with van der Waals surface area (Å²) in [6.45, 7) is 2.45. The summed E-state index contributed by atoms with van der Waals surface area (Å²) in [5, 5.41) is 0.408. The zero-order valence-electron chi connectivity index (χ0n) is 8.94. The van der Waals surface area contributed by atoms with Gasteiger partial charge in [0.1, 0.15) is 4.21 Å². The molecule has 8 heteroatoms. The van der Waals surface area contributed by atoms with Crippen molar-refractivity contribution in [2.45, 2.75) is 29.7 Å². The van der Waals surface area contributed by atoms with Crippen LogP contribution >= 0.6 is 38.9 Å². The Morgan fingerprint density at radius 1 is 1.65 bits per heavy atom. The highest BCUT2D eigenvalue weighted by Crippen LogP contribution is 2.34. The van der Waals surface area contributed by atoms with Crippen LogP contribution in [-0.4, -0.2) is 27.2 Å². The number of hydrogen-bond acceptors (Lipinski definition) is 4. The number of nitrogens with one attached hydrogen (secondary N) is 1. The molecule has 0 radical (unpaired) electrons. The molecule has 17 heavy (non-hydrogen) atoms. The SMILES string of the molecule is CC1OCCC1NS(=O)(=O)c1cc(Cl)c(Br)s1. The van der Waals surface area contributed by atoms with Crippen LogP contribution in [0.4, 0.5) is 0 Å². The first-order chi connectivity index (χ1) is 7.90. The van der Waals surface area contributed by atoms with Crippen LogP contribution in [0.1, 0.15) is 13.3 Å². The summed E-state index contributed by atoms with van der Waals surface area (Å²) < 4.78 is 32.9. The second kappa shape index (κ2) is 5.14. The zero-order valence-corrected chi connectivity index (χ0v) is 12.9. The van der Waals surface area contributed by atoms with E-state index in [2.05, 4.69) is 20.7 Å². The molecule has 4 nitrogen and oxygen atoms in total. The van der Waals surface area contributed by atoms with E-state index in [4.69, 9.17) is 16.3 Å². The Balaban J connectivity index is 2.19. The average Bonchev–Trinajstić information content (AvgIpc) is 2.76. The third kappa shape index (κ3) is 3.02. The normalized spacial score (nSPS) is 25.4.